The molecule has 0 radical (unpaired) electrons. The number of hydrogen-bond acceptors (Lipinski definition) is 2. The first-order valence-electron chi connectivity index (χ1n) is 6.56. The van der Waals surface area contributed by atoms with Crippen LogP contribution in [0.5, 0.6) is 0 Å². The second kappa shape index (κ2) is 6.18. The molecule has 0 spiro atoms. The fourth-order valence-corrected chi connectivity index (χ4v) is 1.99. The number of aryl methyl sites for hydroxylation is 2. The van der Waals surface area contributed by atoms with Crippen LogP contribution in [-0.4, -0.2) is 15.5 Å². The number of benzene rings is 1. The van der Waals surface area contributed by atoms with E-state index in [0.717, 1.165) is 29.9 Å². The summed E-state index contributed by atoms with van der Waals surface area (Å²) in [6.07, 6.45) is 5.51. The van der Waals surface area contributed by atoms with Gasteiger partial charge in [-0.1, -0.05) is 25.1 Å². The molecule has 0 saturated heterocycles. The highest BCUT2D eigenvalue weighted by atomic mass is 16.1. The van der Waals surface area contributed by atoms with Gasteiger partial charge in [0.15, 0.2) is 0 Å². The van der Waals surface area contributed by atoms with Crippen molar-refractivity contribution in [1.82, 2.24) is 9.55 Å². The van der Waals surface area contributed by atoms with Crippen LogP contribution in [0.1, 0.15) is 24.7 Å². The number of anilines is 1. The van der Waals surface area contributed by atoms with E-state index in [-0.39, 0.29) is 5.91 Å². The van der Waals surface area contributed by atoms with Crippen LogP contribution in [0.25, 0.3) is 0 Å². The van der Waals surface area contributed by atoms with Gasteiger partial charge in [0, 0.05) is 24.5 Å². The predicted octanol–water partition coefficient (Wildman–Crippen LogP) is 2.78. The molecule has 19 heavy (non-hydrogen) atoms. The Morgan fingerprint density at radius 3 is 2.89 bits per heavy atom. The van der Waals surface area contributed by atoms with Crippen LogP contribution in [0, 0.1) is 6.92 Å². The van der Waals surface area contributed by atoms with Crippen molar-refractivity contribution >= 4 is 11.6 Å². The van der Waals surface area contributed by atoms with Crippen molar-refractivity contribution in [3.05, 3.63) is 48.0 Å². The Morgan fingerprint density at radius 2 is 2.16 bits per heavy atom. The number of amides is 1. The molecule has 1 N–H and O–H groups in total. The monoisotopic (exact) mass is 257 g/mol. The average molecular weight is 257 g/mol. The zero-order chi connectivity index (χ0) is 13.7. The summed E-state index contributed by atoms with van der Waals surface area (Å²) in [4.78, 5) is 16.3. The molecule has 1 aromatic carbocycles. The van der Waals surface area contributed by atoms with Crippen LogP contribution in [-0.2, 0) is 17.8 Å². The largest absolute Gasteiger partial charge is 0.326 e. The van der Waals surface area contributed by atoms with Crippen LogP contribution in [0.4, 0.5) is 5.69 Å². The molecule has 0 aliphatic heterocycles. The lowest BCUT2D eigenvalue weighted by atomic mass is 10.2. The molecule has 0 saturated carbocycles. The summed E-state index contributed by atoms with van der Waals surface area (Å²) in [6.45, 7) is 4.39. The normalized spacial score (nSPS) is 10.4. The first-order chi connectivity index (χ1) is 9.20. The summed E-state index contributed by atoms with van der Waals surface area (Å²) >= 11 is 0. The summed E-state index contributed by atoms with van der Waals surface area (Å²) in [5.74, 6) is 0.937. The smallest absolute Gasteiger partial charge is 0.244 e. The summed E-state index contributed by atoms with van der Waals surface area (Å²) in [6, 6.07) is 7.77. The maximum atomic E-state index is 12.0. The predicted molar refractivity (Wildman–Crippen MR) is 76.0 cm³/mol. The van der Waals surface area contributed by atoms with Crippen LogP contribution in [0.15, 0.2) is 36.7 Å². The molecular weight excluding hydrogens is 238 g/mol. The minimum Gasteiger partial charge on any atom is -0.326 e. The lowest BCUT2D eigenvalue weighted by Crippen LogP contribution is -2.20. The fourth-order valence-electron chi connectivity index (χ4n) is 1.99. The minimum absolute atomic E-state index is 0.0235. The highest BCUT2D eigenvalue weighted by molar-refractivity contribution is 5.91. The number of aromatic nitrogens is 2. The molecule has 0 atom stereocenters. The number of carbonyl (C=O) groups is 1. The van der Waals surface area contributed by atoms with Crippen molar-refractivity contribution in [2.24, 2.45) is 0 Å². The maximum Gasteiger partial charge on any atom is 0.244 e. The van der Waals surface area contributed by atoms with Crippen molar-refractivity contribution in [3.63, 3.8) is 0 Å². The number of hydrogen-bond donors (Lipinski definition) is 1. The fraction of sp³-hybridized carbons (Fsp3) is 0.333. The van der Waals surface area contributed by atoms with Crippen molar-refractivity contribution in [2.75, 3.05) is 5.32 Å². The molecule has 0 fully saturated rings. The van der Waals surface area contributed by atoms with E-state index in [1.807, 2.05) is 42.0 Å². The van der Waals surface area contributed by atoms with Gasteiger partial charge in [0.25, 0.3) is 0 Å². The standard InChI is InChI=1S/C15H19N3O/c1-3-6-14-16-9-10-18(14)11-15(19)17-13-8-5-4-7-12(13)2/h4-5,7-10H,3,6,11H2,1-2H3,(H,17,19). The molecule has 0 aliphatic carbocycles. The number of imidazole rings is 1. The zero-order valence-electron chi connectivity index (χ0n) is 11.4. The summed E-state index contributed by atoms with van der Waals surface area (Å²) in [5, 5.41) is 2.93. The topological polar surface area (TPSA) is 46.9 Å². The van der Waals surface area contributed by atoms with Gasteiger partial charge in [-0.05, 0) is 25.0 Å². The van der Waals surface area contributed by atoms with Crippen molar-refractivity contribution in [1.29, 1.82) is 0 Å². The van der Waals surface area contributed by atoms with Gasteiger partial charge in [-0.3, -0.25) is 4.79 Å². The molecule has 0 bridgehead atoms. The molecule has 1 aromatic heterocycles. The second-order valence-electron chi connectivity index (χ2n) is 4.58. The maximum absolute atomic E-state index is 12.0. The molecule has 4 nitrogen and oxygen atoms in total. The van der Waals surface area contributed by atoms with Crippen LogP contribution in [0.2, 0.25) is 0 Å². The van der Waals surface area contributed by atoms with Gasteiger partial charge in [-0.25, -0.2) is 4.98 Å². The molecule has 0 unspecified atom stereocenters. The van der Waals surface area contributed by atoms with Crippen LogP contribution >= 0.6 is 0 Å². The second-order valence-corrected chi connectivity index (χ2v) is 4.58. The van der Waals surface area contributed by atoms with Gasteiger partial charge >= 0.3 is 0 Å². The van der Waals surface area contributed by atoms with Crippen molar-refractivity contribution in [3.8, 4) is 0 Å². The van der Waals surface area contributed by atoms with Gasteiger partial charge in [0.2, 0.25) is 5.91 Å². The van der Waals surface area contributed by atoms with Gasteiger partial charge < -0.3 is 9.88 Å². The van der Waals surface area contributed by atoms with Gasteiger partial charge in [0.05, 0.1) is 0 Å². The van der Waals surface area contributed by atoms with E-state index < -0.39 is 0 Å². The third-order valence-corrected chi connectivity index (χ3v) is 3.01. The Balaban J connectivity index is 2.02. The minimum atomic E-state index is -0.0235. The lowest BCUT2D eigenvalue weighted by Gasteiger charge is -2.10. The Hall–Kier alpha value is -2.10. The van der Waals surface area contributed by atoms with Crippen LogP contribution < -0.4 is 5.32 Å². The Morgan fingerprint density at radius 1 is 1.37 bits per heavy atom. The highest BCUT2D eigenvalue weighted by Crippen LogP contribution is 2.13. The number of carbonyl (C=O) groups excluding carboxylic acids is 1. The number of rotatable bonds is 5. The molecule has 1 amide bonds. The highest BCUT2D eigenvalue weighted by Gasteiger charge is 2.08. The SMILES string of the molecule is CCCc1nccn1CC(=O)Nc1ccccc1C. The quantitative estimate of drug-likeness (QED) is 0.895. The molecule has 0 aliphatic rings. The molecule has 2 aromatic rings. The van der Waals surface area contributed by atoms with Crippen molar-refractivity contribution in [2.45, 2.75) is 33.2 Å². The van der Waals surface area contributed by atoms with E-state index in [0.29, 0.717) is 6.54 Å². The molecule has 1 heterocycles. The summed E-state index contributed by atoms with van der Waals surface area (Å²) < 4.78 is 1.90. The van der Waals surface area contributed by atoms with Gasteiger partial charge in [-0.2, -0.15) is 0 Å². The Kier molecular flexibility index (Phi) is 4.34. The number of nitrogens with zero attached hydrogens (tertiary/aromatic N) is 2. The van der Waals surface area contributed by atoms with E-state index >= 15 is 0 Å². The van der Waals surface area contributed by atoms with E-state index in [4.69, 9.17) is 0 Å². The third-order valence-electron chi connectivity index (χ3n) is 3.01. The summed E-state index contributed by atoms with van der Waals surface area (Å²) in [5.41, 5.74) is 1.93. The molecule has 100 valence electrons. The van der Waals surface area contributed by atoms with Gasteiger partial charge in [-0.15, -0.1) is 0 Å². The lowest BCUT2D eigenvalue weighted by molar-refractivity contribution is -0.116. The average Bonchev–Trinajstić information content (AvgIpc) is 2.80. The Bertz CT molecular complexity index is 560. The van der Waals surface area contributed by atoms with E-state index in [1.54, 1.807) is 6.20 Å². The number of nitrogens with one attached hydrogen (secondary N) is 1. The first-order valence-corrected chi connectivity index (χ1v) is 6.56. The number of para-hydroxylation sites is 1. The zero-order valence-corrected chi connectivity index (χ0v) is 11.4. The van der Waals surface area contributed by atoms with Gasteiger partial charge in [0.1, 0.15) is 12.4 Å². The Labute approximate surface area is 113 Å². The van der Waals surface area contributed by atoms with E-state index in [1.165, 1.54) is 0 Å². The van der Waals surface area contributed by atoms with Crippen LogP contribution in [0.3, 0.4) is 0 Å². The van der Waals surface area contributed by atoms with E-state index in [2.05, 4.69) is 17.2 Å². The first kappa shape index (κ1) is 13.3. The summed E-state index contributed by atoms with van der Waals surface area (Å²) in [7, 11) is 0. The van der Waals surface area contributed by atoms with E-state index in [9.17, 15) is 4.79 Å². The molecule has 4 heteroatoms. The molecule has 2 rings (SSSR count). The molecular formula is C15H19N3O. The third kappa shape index (κ3) is 3.44. The van der Waals surface area contributed by atoms with Crippen molar-refractivity contribution < 1.29 is 4.79 Å².